The van der Waals surface area contributed by atoms with Crippen LogP contribution in [-0.4, -0.2) is 11.5 Å². The van der Waals surface area contributed by atoms with Crippen molar-refractivity contribution in [3.63, 3.8) is 0 Å². The van der Waals surface area contributed by atoms with Crippen LogP contribution in [0.25, 0.3) is 11.1 Å². The molecule has 0 atom stereocenters. The van der Waals surface area contributed by atoms with E-state index < -0.39 is 0 Å². The number of hydrogen-bond donors (Lipinski definition) is 0. The summed E-state index contributed by atoms with van der Waals surface area (Å²) in [5, 5.41) is 8.80. The van der Waals surface area contributed by atoms with Crippen LogP contribution < -0.4 is 0 Å². The first-order chi connectivity index (χ1) is 12.3. The average molecular weight is 343 g/mol. The summed E-state index contributed by atoms with van der Waals surface area (Å²) in [6, 6.07) is 27.5. The first-order valence-electron chi connectivity index (χ1n) is 8.02. The van der Waals surface area contributed by atoms with E-state index in [1.807, 2.05) is 54.6 Å². The van der Waals surface area contributed by atoms with Gasteiger partial charge in [-0.2, -0.15) is 5.26 Å². The van der Waals surface area contributed by atoms with E-state index in [4.69, 9.17) is 5.26 Å². The normalized spacial score (nSPS) is 10.2. The maximum Gasteiger partial charge on any atom is 0.172 e. The number of nitriles is 1. The molecule has 0 aromatic heterocycles. The first-order valence-corrected chi connectivity index (χ1v) is 9.17. The summed E-state index contributed by atoms with van der Waals surface area (Å²) >= 11 is 1.59. The minimum Gasteiger partial charge on any atom is -0.293 e. The molecular weight excluding hydrogens is 326 g/mol. The minimum atomic E-state index is 0.137. The molecule has 3 heteroatoms. The van der Waals surface area contributed by atoms with E-state index >= 15 is 0 Å². The summed E-state index contributed by atoms with van der Waals surface area (Å²) in [5.74, 6) is 1.35. The number of Topliss-reactive ketones (excluding diaryl/α,β-unsaturated/α-hetero) is 1. The third-order valence-electron chi connectivity index (χ3n) is 3.90. The molecule has 122 valence electrons. The van der Waals surface area contributed by atoms with E-state index in [2.05, 4.69) is 18.2 Å². The van der Waals surface area contributed by atoms with Crippen LogP contribution in [0.2, 0.25) is 0 Å². The fraction of sp³-hybridized carbons (Fsp3) is 0.0909. The molecule has 0 N–H and O–H groups in total. The van der Waals surface area contributed by atoms with Gasteiger partial charge in [-0.25, -0.2) is 0 Å². The van der Waals surface area contributed by atoms with Crippen LogP contribution in [-0.2, 0) is 5.75 Å². The van der Waals surface area contributed by atoms with E-state index in [0.29, 0.717) is 11.3 Å². The van der Waals surface area contributed by atoms with Crippen LogP contribution >= 0.6 is 11.8 Å². The highest BCUT2D eigenvalue weighted by Crippen LogP contribution is 2.20. The molecule has 0 spiro atoms. The summed E-state index contributed by atoms with van der Waals surface area (Å²) in [4.78, 5) is 12.3. The molecule has 0 saturated heterocycles. The lowest BCUT2D eigenvalue weighted by Crippen LogP contribution is -2.02. The smallest absolute Gasteiger partial charge is 0.172 e. The van der Waals surface area contributed by atoms with Crippen LogP contribution in [0.3, 0.4) is 0 Å². The van der Waals surface area contributed by atoms with Crippen LogP contribution in [0.5, 0.6) is 0 Å². The van der Waals surface area contributed by atoms with E-state index in [0.717, 1.165) is 28.0 Å². The number of benzene rings is 3. The predicted molar refractivity (Wildman–Crippen MR) is 104 cm³/mol. The Hall–Kier alpha value is -2.83. The Morgan fingerprint density at radius 2 is 1.48 bits per heavy atom. The van der Waals surface area contributed by atoms with E-state index in [9.17, 15) is 4.79 Å². The SMILES string of the molecule is N#Cc1ccc(CSCC(=O)c2ccc(-c3ccccc3)cc2)cc1. The van der Waals surface area contributed by atoms with Gasteiger partial charge in [0.15, 0.2) is 5.78 Å². The van der Waals surface area contributed by atoms with Crippen LogP contribution in [0.4, 0.5) is 0 Å². The molecule has 0 unspecified atom stereocenters. The molecule has 0 aliphatic heterocycles. The molecule has 0 amide bonds. The van der Waals surface area contributed by atoms with Crippen molar-refractivity contribution in [1.29, 1.82) is 5.26 Å². The van der Waals surface area contributed by atoms with Gasteiger partial charge < -0.3 is 0 Å². The Balaban J connectivity index is 1.55. The second-order valence-corrected chi connectivity index (χ2v) is 6.65. The Kier molecular flexibility index (Phi) is 5.66. The molecule has 3 aromatic rings. The van der Waals surface area contributed by atoms with E-state index in [-0.39, 0.29) is 5.78 Å². The van der Waals surface area contributed by atoms with Crippen LogP contribution in [0.15, 0.2) is 78.9 Å². The molecule has 0 aliphatic carbocycles. The zero-order valence-electron chi connectivity index (χ0n) is 13.7. The molecule has 3 aromatic carbocycles. The van der Waals surface area contributed by atoms with Gasteiger partial charge in [-0.1, -0.05) is 66.7 Å². The lowest BCUT2D eigenvalue weighted by Gasteiger charge is -2.05. The Labute approximate surface area is 152 Å². The number of hydrogen-bond acceptors (Lipinski definition) is 3. The lowest BCUT2D eigenvalue weighted by atomic mass is 10.0. The quantitative estimate of drug-likeness (QED) is 0.567. The third kappa shape index (κ3) is 4.59. The molecule has 0 heterocycles. The Bertz CT molecular complexity index is 878. The summed E-state index contributed by atoms with van der Waals surface area (Å²) in [6.45, 7) is 0. The average Bonchev–Trinajstić information content (AvgIpc) is 2.69. The monoisotopic (exact) mass is 343 g/mol. The number of thioether (sulfide) groups is 1. The number of carbonyl (C=O) groups is 1. The van der Waals surface area contributed by atoms with Gasteiger partial charge in [0, 0.05) is 11.3 Å². The largest absolute Gasteiger partial charge is 0.293 e. The zero-order valence-corrected chi connectivity index (χ0v) is 14.5. The third-order valence-corrected chi connectivity index (χ3v) is 4.90. The maximum absolute atomic E-state index is 12.3. The van der Waals surface area contributed by atoms with Crippen molar-refractivity contribution in [2.45, 2.75) is 5.75 Å². The second kappa shape index (κ2) is 8.32. The Morgan fingerprint density at radius 1 is 0.840 bits per heavy atom. The van der Waals surface area contributed by atoms with Crippen LogP contribution in [0, 0.1) is 11.3 Å². The number of carbonyl (C=O) groups excluding carboxylic acids is 1. The summed E-state index contributed by atoms with van der Waals surface area (Å²) < 4.78 is 0. The fourth-order valence-electron chi connectivity index (χ4n) is 2.50. The van der Waals surface area contributed by atoms with Gasteiger partial charge in [0.25, 0.3) is 0 Å². The highest BCUT2D eigenvalue weighted by Gasteiger charge is 2.07. The molecule has 2 nitrogen and oxygen atoms in total. The van der Waals surface area contributed by atoms with Crippen molar-refractivity contribution in [3.05, 3.63) is 95.6 Å². The standard InChI is InChI=1S/C22H17NOS/c23-14-17-6-8-18(9-7-17)15-25-16-22(24)21-12-10-20(11-13-21)19-4-2-1-3-5-19/h1-13H,15-16H2. The number of nitrogens with zero attached hydrogens (tertiary/aromatic N) is 1. The summed E-state index contributed by atoms with van der Waals surface area (Å²) in [6.07, 6.45) is 0. The predicted octanol–water partition coefficient (Wildman–Crippen LogP) is 5.34. The van der Waals surface area contributed by atoms with Gasteiger partial charge in [-0.05, 0) is 28.8 Å². The van der Waals surface area contributed by atoms with Crippen molar-refractivity contribution in [2.24, 2.45) is 0 Å². The number of rotatable bonds is 6. The van der Waals surface area contributed by atoms with E-state index in [1.165, 1.54) is 0 Å². The van der Waals surface area contributed by atoms with Crippen molar-refractivity contribution in [3.8, 4) is 17.2 Å². The van der Waals surface area contributed by atoms with Gasteiger partial charge in [0.05, 0.1) is 17.4 Å². The van der Waals surface area contributed by atoms with E-state index in [1.54, 1.807) is 23.9 Å². The Morgan fingerprint density at radius 3 is 2.12 bits per heavy atom. The first kappa shape index (κ1) is 17.0. The molecule has 0 fully saturated rings. The molecular formula is C22H17NOS. The van der Waals surface area contributed by atoms with Gasteiger partial charge in [0.1, 0.15) is 0 Å². The highest BCUT2D eigenvalue weighted by atomic mass is 32.2. The molecule has 0 bridgehead atoms. The molecule has 0 radical (unpaired) electrons. The van der Waals surface area contributed by atoms with Crippen molar-refractivity contribution in [2.75, 3.05) is 5.75 Å². The molecule has 25 heavy (non-hydrogen) atoms. The summed E-state index contributed by atoms with van der Waals surface area (Å²) in [7, 11) is 0. The van der Waals surface area contributed by atoms with Gasteiger partial charge in [0.2, 0.25) is 0 Å². The van der Waals surface area contributed by atoms with Crippen molar-refractivity contribution in [1.82, 2.24) is 0 Å². The topological polar surface area (TPSA) is 40.9 Å². The molecule has 0 saturated carbocycles. The molecule has 0 aliphatic rings. The van der Waals surface area contributed by atoms with Crippen molar-refractivity contribution < 1.29 is 4.79 Å². The van der Waals surface area contributed by atoms with Gasteiger partial charge >= 0.3 is 0 Å². The number of ketones is 1. The van der Waals surface area contributed by atoms with Crippen molar-refractivity contribution >= 4 is 17.5 Å². The van der Waals surface area contributed by atoms with Gasteiger partial charge in [-0.3, -0.25) is 4.79 Å². The summed E-state index contributed by atoms with van der Waals surface area (Å²) in [5.41, 5.74) is 4.78. The highest BCUT2D eigenvalue weighted by molar-refractivity contribution is 7.99. The minimum absolute atomic E-state index is 0.137. The second-order valence-electron chi connectivity index (χ2n) is 5.67. The zero-order chi connectivity index (χ0) is 17.5. The van der Waals surface area contributed by atoms with Gasteiger partial charge in [-0.15, -0.1) is 11.8 Å². The lowest BCUT2D eigenvalue weighted by molar-refractivity contribution is 0.102. The maximum atomic E-state index is 12.3. The van der Waals surface area contributed by atoms with Crippen LogP contribution in [0.1, 0.15) is 21.5 Å². The molecule has 3 rings (SSSR count). The fourth-order valence-corrected chi connectivity index (χ4v) is 3.38.